The Morgan fingerprint density at radius 2 is 1.88 bits per heavy atom. The molecule has 0 radical (unpaired) electrons. The van der Waals surface area contributed by atoms with Crippen LogP contribution in [0.25, 0.3) is 0 Å². The molecule has 3 rings (SSSR count). The lowest BCUT2D eigenvalue weighted by molar-refractivity contribution is 0.200. The molecule has 2 heterocycles. The van der Waals surface area contributed by atoms with Crippen molar-refractivity contribution in [3.8, 4) is 0 Å². The highest BCUT2D eigenvalue weighted by Gasteiger charge is 2.35. The van der Waals surface area contributed by atoms with Crippen LogP contribution in [0.3, 0.4) is 0 Å². The number of nitrogens with one attached hydrogen (secondary N) is 1. The number of sulfone groups is 1. The van der Waals surface area contributed by atoms with E-state index in [0.29, 0.717) is 36.6 Å². The van der Waals surface area contributed by atoms with Gasteiger partial charge in [0.05, 0.1) is 5.25 Å². The zero-order valence-electron chi connectivity index (χ0n) is 13.6. The number of urea groups is 1. The summed E-state index contributed by atoms with van der Waals surface area (Å²) in [5.41, 5.74) is 0.642. The average molecular weight is 384 g/mol. The first-order chi connectivity index (χ1) is 11.9. The van der Waals surface area contributed by atoms with Crippen molar-refractivity contribution in [2.45, 2.75) is 23.2 Å². The quantitative estimate of drug-likeness (QED) is 0.873. The fraction of sp³-hybridized carbons (Fsp3) is 0.400. The highest BCUT2D eigenvalue weighted by atomic mass is 35.5. The van der Waals surface area contributed by atoms with Gasteiger partial charge in [-0.1, -0.05) is 11.6 Å². The predicted molar refractivity (Wildman–Crippen MR) is 93.3 cm³/mol. The Balaban J connectivity index is 1.61. The molecule has 0 unspecified atom stereocenters. The van der Waals surface area contributed by atoms with E-state index in [0.717, 1.165) is 0 Å². The molecule has 8 nitrogen and oxygen atoms in total. The molecular formula is C15H18ClN5O3S. The average Bonchev–Trinajstić information content (AvgIpc) is 3.04. The first kappa shape index (κ1) is 17.7. The van der Waals surface area contributed by atoms with Crippen LogP contribution < -0.4 is 5.32 Å². The molecule has 0 saturated carbocycles. The van der Waals surface area contributed by atoms with Crippen LogP contribution in [0.5, 0.6) is 0 Å². The lowest BCUT2D eigenvalue weighted by Crippen LogP contribution is -2.44. The molecule has 2 aromatic rings. The molecule has 1 fully saturated rings. The largest absolute Gasteiger partial charge is 0.324 e. The monoisotopic (exact) mass is 383 g/mol. The molecule has 0 aliphatic carbocycles. The van der Waals surface area contributed by atoms with Crippen LogP contribution in [-0.2, 0) is 16.9 Å². The normalized spacial score (nSPS) is 16.0. The van der Waals surface area contributed by atoms with Gasteiger partial charge in [0.1, 0.15) is 6.33 Å². The van der Waals surface area contributed by atoms with Crippen LogP contribution >= 0.6 is 11.6 Å². The van der Waals surface area contributed by atoms with E-state index in [9.17, 15) is 13.2 Å². The number of rotatable bonds is 3. The Bertz CT molecular complexity index is 858. The molecule has 0 atom stereocenters. The Morgan fingerprint density at radius 3 is 2.44 bits per heavy atom. The predicted octanol–water partition coefficient (Wildman–Crippen LogP) is 1.94. The lowest BCUT2D eigenvalue weighted by atomic mass is 10.1. The number of anilines is 1. The third kappa shape index (κ3) is 3.77. The smallest absolute Gasteiger partial charge is 0.321 e. The number of aromatic nitrogens is 3. The SMILES string of the molecule is Cn1cnnc1S(=O)(=O)C1CCN(C(=O)Nc2ccc(Cl)cc2)CC1. The number of nitrogens with zero attached hydrogens (tertiary/aromatic N) is 4. The minimum absolute atomic E-state index is 0.0310. The summed E-state index contributed by atoms with van der Waals surface area (Å²) in [7, 11) is -1.95. The lowest BCUT2D eigenvalue weighted by Gasteiger charge is -2.31. The van der Waals surface area contributed by atoms with Crippen molar-refractivity contribution in [1.29, 1.82) is 0 Å². The number of hydrogen-bond acceptors (Lipinski definition) is 5. The van der Waals surface area contributed by atoms with Gasteiger partial charge in [-0.3, -0.25) is 0 Å². The molecule has 1 saturated heterocycles. The van der Waals surface area contributed by atoms with Crippen molar-refractivity contribution >= 4 is 33.2 Å². The Morgan fingerprint density at radius 1 is 1.24 bits per heavy atom. The van der Waals surface area contributed by atoms with Gasteiger partial charge < -0.3 is 14.8 Å². The van der Waals surface area contributed by atoms with Gasteiger partial charge in [-0.2, -0.15) is 0 Å². The number of amides is 2. The second-order valence-corrected chi connectivity index (χ2v) is 8.45. The van der Waals surface area contributed by atoms with Gasteiger partial charge in [0.2, 0.25) is 15.0 Å². The van der Waals surface area contributed by atoms with Crippen molar-refractivity contribution in [3.05, 3.63) is 35.6 Å². The van der Waals surface area contributed by atoms with Gasteiger partial charge in [0.25, 0.3) is 0 Å². The number of hydrogen-bond donors (Lipinski definition) is 1. The van der Waals surface area contributed by atoms with E-state index in [1.807, 2.05) is 0 Å². The second kappa shape index (κ2) is 7.01. The van der Waals surface area contributed by atoms with Crippen LogP contribution in [0.1, 0.15) is 12.8 Å². The standard InChI is InChI=1S/C15H18ClN5O3S/c1-20-10-17-19-15(20)25(23,24)13-6-8-21(9-7-13)14(22)18-12-4-2-11(16)3-5-12/h2-5,10,13H,6-9H2,1H3,(H,18,22). The van der Waals surface area contributed by atoms with E-state index < -0.39 is 15.1 Å². The third-order valence-corrected chi connectivity index (χ3v) is 6.67. The Hall–Kier alpha value is -2.13. The maximum absolute atomic E-state index is 12.6. The molecule has 1 aliphatic heterocycles. The van der Waals surface area contributed by atoms with Crippen LogP contribution in [0.2, 0.25) is 5.02 Å². The maximum atomic E-state index is 12.6. The first-order valence-electron chi connectivity index (χ1n) is 7.77. The molecule has 1 aliphatic rings. The van der Waals surface area contributed by atoms with Gasteiger partial charge in [0.15, 0.2) is 0 Å². The Kier molecular flexibility index (Phi) is 4.96. The van der Waals surface area contributed by atoms with Crippen molar-refractivity contribution in [2.24, 2.45) is 7.05 Å². The minimum atomic E-state index is -3.55. The summed E-state index contributed by atoms with van der Waals surface area (Å²) in [6.45, 7) is 0.725. The van der Waals surface area contributed by atoms with Crippen LogP contribution in [0.4, 0.5) is 10.5 Å². The van der Waals surface area contributed by atoms with Crippen LogP contribution in [0, 0.1) is 0 Å². The van der Waals surface area contributed by atoms with E-state index in [1.54, 1.807) is 36.2 Å². The number of piperidine rings is 1. The summed E-state index contributed by atoms with van der Waals surface area (Å²) in [6.07, 6.45) is 2.09. The summed E-state index contributed by atoms with van der Waals surface area (Å²) in [5, 5.41) is 10.1. The minimum Gasteiger partial charge on any atom is -0.324 e. The number of likely N-dealkylation sites (tertiary alicyclic amines) is 1. The van der Waals surface area contributed by atoms with Gasteiger partial charge in [-0.15, -0.1) is 10.2 Å². The number of benzene rings is 1. The molecule has 1 N–H and O–H groups in total. The van der Waals surface area contributed by atoms with E-state index >= 15 is 0 Å². The fourth-order valence-electron chi connectivity index (χ4n) is 2.78. The highest BCUT2D eigenvalue weighted by Crippen LogP contribution is 2.23. The number of halogens is 1. The van der Waals surface area contributed by atoms with Crippen molar-refractivity contribution < 1.29 is 13.2 Å². The molecule has 10 heteroatoms. The topological polar surface area (TPSA) is 97.2 Å². The van der Waals surface area contributed by atoms with Crippen LogP contribution in [-0.4, -0.2) is 52.5 Å². The van der Waals surface area contributed by atoms with Gasteiger partial charge in [0, 0.05) is 30.8 Å². The molecule has 25 heavy (non-hydrogen) atoms. The molecule has 134 valence electrons. The molecule has 0 spiro atoms. The molecule has 1 aromatic heterocycles. The zero-order chi connectivity index (χ0) is 18.0. The van der Waals surface area contributed by atoms with Gasteiger partial charge >= 0.3 is 6.03 Å². The maximum Gasteiger partial charge on any atom is 0.321 e. The molecule has 2 amide bonds. The number of aryl methyl sites for hydroxylation is 1. The van der Waals surface area contributed by atoms with Crippen molar-refractivity contribution in [3.63, 3.8) is 0 Å². The number of carbonyl (C=O) groups excluding carboxylic acids is 1. The Labute approximate surface area is 150 Å². The summed E-state index contributed by atoms with van der Waals surface area (Å²) in [5.74, 6) is 0. The number of carbonyl (C=O) groups is 1. The molecular weight excluding hydrogens is 366 g/mol. The van der Waals surface area contributed by atoms with E-state index in [1.165, 1.54) is 10.9 Å². The second-order valence-electron chi connectivity index (χ2n) is 5.89. The van der Waals surface area contributed by atoms with Crippen LogP contribution in [0.15, 0.2) is 35.7 Å². The zero-order valence-corrected chi connectivity index (χ0v) is 15.2. The van der Waals surface area contributed by atoms with E-state index in [2.05, 4.69) is 15.5 Å². The highest BCUT2D eigenvalue weighted by molar-refractivity contribution is 7.91. The molecule has 1 aromatic carbocycles. The van der Waals surface area contributed by atoms with Crippen molar-refractivity contribution in [1.82, 2.24) is 19.7 Å². The fourth-order valence-corrected chi connectivity index (χ4v) is 4.65. The van der Waals surface area contributed by atoms with E-state index in [-0.39, 0.29) is 11.2 Å². The van der Waals surface area contributed by atoms with Gasteiger partial charge in [-0.25, -0.2) is 13.2 Å². The first-order valence-corrected chi connectivity index (χ1v) is 9.70. The third-order valence-electron chi connectivity index (χ3n) is 4.19. The summed E-state index contributed by atoms with van der Waals surface area (Å²) < 4.78 is 26.6. The summed E-state index contributed by atoms with van der Waals surface area (Å²) in [4.78, 5) is 13.9. The summed E-state index contributed by atoms with van der Waals surface area (Å²) in [6, 6.07) is 6.56. The van der Waals surface area contributed by atoms with Crippen molar-refractivity contribution in [2.75, 3.05) is 18.4 Å². The summed E-state index contributed by atoms with van der Waals surface area (Å²) >= 11 is 5.82. The van der Waals surface area contributed by atoms with E-state index in [4.69, 9.17) is 11.6 Å². The molecule has 0 bridgehead atoms. The van der Waals surface area contributed by atoms with Gasteiger partial charge in [-0.05, 0) is 37.1 Å².